The van der Waals surface area contributed by atoms with Crippen molar-refractivity contribution in [2.45, 2.75) is 18.8 Å². The molecule has 2 atom stereocenters. The molecule has 23 heavy (non-hydrogen) atoms. The Morgan fingerprint density at radius 2 is 2.09 bits per heavy atom. The third-order valence-electron chi connectivity index (χ3n) is 4.65. The van der Waals surface area contributed by atoms with Crippen molar-refractivity contribution in [1.29, 1.82) is 0 Å². The van der Waals surface area contributed by atoms with Crippen molar-refractivity contribution < 1.29 is 9.90 Å². The topological polar surface area (TPSA) is 58.4 Å². The van der Waals surface area contributed by atoms with E-state index in [9.17, 15) is 9.90 Å². The zero-order valence-corrected chi connectivity index (χ0v) is 13.4. The SMILES string of the molecule is Cn1cc([C@@H]2CN(C(=O)CCc3ccccc3)C[C@H]2CO)cn1. The van der Waals surface area contributed by atoms with Gasteiger partial charge in [0, 0.05) is 51.2 Å². The van der Waals surface area contributed by atoms with E-state index in [1.165, 1.54) is 5.56 Å². The molecule has 1 aromatic carbocycles. The van der Waals surface area contributed by atoms with E-state index < -0.39 is 0 Å². The van der Waals surface area contributed by atoms with Crippen molar-refractivity contribution in [3.63, 3.8) is 0 Å². The van der Waals surface area contributed by atoms with Crippen LogP contribution in [0.2, 0.25) is 0 Å². The number of hydrogen-bond acceptors (Lipinski definition) is 3. The van der Waals surface area contributed by atoms with E-state index in [2.05, 4.69) is 5.10 Å². The molecule has 1 aromatic heterocycles. The van der Waals surface area contributed by atoms with Gasteiger partial charge in [-0.1, -0.05) is 30.3 Å². The predicted octanol–water partition coefficient (Wildman–Crippen LogP) is 1.59. The van der Waals surface area contributed by atoms with Gasteiger partial charge in [-0.05, 0) is 17.5 Å². The van der Waals surface area contributed by atoms with Crippen molar-refractivity contribution in [2.75, 3.05) is 19.7 Å². The van der Waals surface area contributed by atoms with Gasteiger partial charge in [0.25, 0.3) is 0 Å². The molecule has 122 valence electrons. The zero-order valence-electron chi connectivity index (χ0n) is 13.4. The zero-order chi connectivity index (χ0) is 16.2. The Kier molecular flexibility index (Phi) is 4.76. The summed E-state index contributed by atoms with van der Waals surface area (Å²) in [7, 11) is 1.88. The summed E-state index contributed by atoms with van der Waals surface area (Å²) < 4.78 is 1.77. The molecule has 1 aliphatic rings. The highest BCUT2D eigenvalue weighted by atomic mass is 16.3. The van der Waals surface area contributed by atoms with Gasteiger partial charge in [0.1, 0.15) is 0 Å². The van der Waals surface area contributed by atoms with Gasteiger partial charge in [0.15, 0.2) is 0 Å². The summed E-state index contributed by atoms with van der Waals surface area (Å²) in [6.45, 7) is 1.40. The van der Waals surface area contributed by atoms with Crippen LogP contribution in [0.4, 0.5) is 0 Å². The third kappa shape index (κ3) is 3.62. The molecule has 0 unspecified atom stereocenters. The maximum absolute atomic E-state index is 12.5. The molecule has 0 bridgehead atoms. The van der Waals surface area contributed by atoms with Crippen LogP contribution >= 0.6 is 0 Å². The molecule has 1 saturated heterocycles. The maximum atomic E-state index is 12.5. The molecular formula is C18H23N3O2. The summed E-state index contributed by atoms with van der Waals surface area (Å²) in [5.41, 5.74) is 2.28. The number of carbonyl (C=O) groups is 1. The van der Waals surface area contributed by atoms with E-state index in [1.54, 1.807) is 4.68 Å². The molecule has 2 aromatic rings. The molecule has 0 aliphatic carbocycles. The Balaban J connectivity index is 1.61. The first-order chi connectivity index (χ1) is 11.2. The number of hydrogen-bond donors (Lipinski definition) is 1. The van der Waals surface area contributed by atoms with Gasteiger partial charge >= 0.3 is 0 Å². The van der Waals surface area contributed by atoms with Crippen LogP contribution in [0.25, 0.3) is 0 Å². The van der Waals surface area contributed by atoms with Crippen LogP contribution < -0.4 is 0 Å². The minimum absolute atomic E-state index is 0.0971. The molecule has 5 nitrogen and oxygen atoms in total. The molecule has 0 saturated carbocycles. The number of amides is 1. The van der Waals surface area contributed by atoms with Crippen LogP contribution in [0.1, 0.15) is 23.5 Å². The number of aliphatic hydroxyl groups is 1. The Hall–Kier alpha value is -2.14. The van der Waals surface area contributed by atoms with E-state index in [1.807, 2.05) is 54.7 Å². The highest BCUT2D eigenvalue weighted by molar-refractivity contribution is 5.77. The number of nitrogens with zero attached hydrogens (tertiary/aromatic N) is 3. The fourth-order valence-corrected chi connectivity index (χ4v) is 3.32. The van der Waals surface area contributed by atoms with Crippen LogP contribution in [0, 0.1) is 5.92 Å². The number of carbonyl (C=O) groups excluding carboxylic acids is 1. The van der Waals surface area contributed by atoms with Crippen LogP contribution in [-0.4, -0.2) is 45.4 Å². The standard InChI is InChI=1S/C18H23N3O2/c1-20-10-15(9-19-20)17-12-21(11-16(17)13-22)18(23)8-7-14-5-3-2-4-6-14/h2-6,9-10,16-17,22H,7-8,11-13H2,1H3/t16-,17-/m0/s1. The molecule has 5 heteroatoms. The quantitative estimate of drug-likeness (QED) is 0.912. The lowest BCUT2D eigenvalue weighted by molar-refractivity contribution is -0.130. The second kappa shape index (κ2) is 6.96. The maximum Gasteiger partial charge on any atom is 0.222 e. The first-order valence-corrected chi connectivity index (χ1v) is 8.08. The Bertz CT molecular complexity index is 653. The molecular weight excluding hydrogens is 290 g/mol. The van der Waals surface area contributed by atoms with E-state index >= 15 is 0 Å². The molecule has 1 N–H and O–H groups in total. The summed E-state index contributed by atoms with van der Waals surface area (Å²) in [4.78, 5) is 14.4. The Morgan fingerprint density at radius 1 is 1.30 bits per heavy atom. The molecule has 1 amide bonds. The molecule has 2 heterocycles. The Morgan fingerprint density at radius 3 is 2.74 bits per heavy atom. The normalized spacial score (nSPS) is 20.9. The number of rotatable bonds is 5. The van der Waals surface area contributed by atoms with Gasteiger partial charge in [-0.25, -0.2) is 0 Å². The molecule has 0 spiro atoms. The average molecular weight is 313 g/mol. The van der Waals surface area contributed by atoms with Crippen LogP contribution in [0.5, 0.6) is 0 Å². The molecule has 3 rings (SSSR count). The van der Waals surface area contributed by atoms with Crippen LogP contribution in [0.15, 0.2) is 42.7 Å². The van der Waals surface area contributed by atoms with Gasteiger partial charge in [-0.3, -0.25) is 9.48 Å². The lowest BCUT2D eigenvalue weighted by atomic mass is 9.92. The summed E-state index contributed by atoms with van der Waals surface area (Å²) in [6, 6.07) is 10.1. The molecule has 1 aliphatic heterocycles. The highest BCUT2D eigenvalue weighted by Crippen LogP contribution is 2.32. The second-order valence-electron chi connectivity index (χ2n) is 6.28. The van der Waals surface area contributed by atoms with Crippen molar-refractivity contribution in [1.82, 2.24) is 14.7 Å². The van der Waals surface area contributed by atoms with Gasteiger partial charge in [0.05, 0.1) is 6.20 Å². The average Bonchev–Trinajstić information content (AvgIpc) is 3.19. The predicted molar refractivity (Wildman–Crippen MR) is 87.9 cm³/mol. The summed E-state index contributed by atoms with van der Waals surface area (Å²) >= 11 is 0. The Labute approximate surface area is 136 Å². The van der Waals surface area contributed by atoms with Crippen LogP contribution in [-0.2, 0) is 18.3 Å². The fraction of sp³-hybridized carbons (Fsp3) is 0.444. The minimum atomic E-state index is 0.0971. The van der Waals surface area contributed by atoms with Gasteiger partial charge in [-0.15, -0.1) is 0 Å². The number of aliphatic hydroxyl groups excluding tert-OH is 1. The number of aromatic nitrogens is 2. The molecule has 0 radical (unpaired) electrons. The smallest absolute Gasteiger partial charge is 0.222 e. The summed E-state index contributed by atoms with van der Waals surface area (Å²) in [5.74, 6) is 0.438. The largest absolute Gasteiger partial charge is 0.396 e. The number of benzene rings is 1. The summed E-state index contributed by atoms with van der Waals surface area (Å²) in [5, 5.41) is 13.9. The van der Waals surface area contributed by atoms with E-state index in [-0.39, 0.29) is 24.3 Å². The van der Waals surface area contributed by atoms with Gasteiger partial charge in [-0.2, -0.15) is 5.10 Å². The lowest BCUT2D eigenvalue weighted by Crippen LogP contribution is -2.29. The van der Waals surface area contributed by atoms with Crippen molar-refractivity contribution in [3.8, 4) is 0 Å². The summed E-state index contributed by atoms with van der Waals surface area (Å²) in [6.07, 6.45) is 5.09. The molecule has 1 fully saturated rings. The van der Waals surface area contributed by atoms with E-state index in [0.29, 0.717) is 19.5 Å². The monoisotopic (exact) mass is 313 g/mol. The lowest BCUT2D eigenvalue weighted by Gasteiger charge is -2.16. The number of likely N-dealkylation sites (tertiary alicyclic amines) is 1. The highest BCUT2D eigenvalue weighted by Gasteiger charge is 2.36. The first kappa shape index (κ1) is 15.7. The second-order valence-corrected chi connectivity index (χ2v) is 6.28. The van der Waals surface area contributed by atoms with Crippen molar-refractivity contribution in [2.24, 2.45) is 13.0 Å². The van der Waals surface area contributed by atoms with E-state index in [4.69, 9.17) is 0 Å². The van der Waals surface area contributed by atoms with Crippen molar-refractivity contribution in [3.05, 3.63) is 53.9 Å². The first-order valence-electron chi connectivity index (χ1n) is 8.08. The van der Waals surface area contributed by atoms with Gasteiger partial charge in [0.2, 0.25) is 5.91 Å². The third-order valence-corrected chi connectivity index (χ3v) is 4.65. The van der Waals surface area contributed by atoms with Crippen molar-refractivity contribution >= 4 is 5.91 Å². The van der Waals surface area contributed by atoms with E-state index in [0.717, 1.165) is 12.0 Å². The minimum Gasteiger partial charge on any atom is -0.396 e. The number of aryl methyl sites for hydroxylation is 2. The fourth-order valence-electron chi connectivity index (χ4n) is 3.32. The van der Waals surface area contributed by atoms with Crippen LogP contribution in [0.3, 0.4) is 0 Å². The van der Waals surface area contributed by atoms with Gasteiger partial charge < -0.3 is 10.0 Å².